The van der Waals surface area contributed by atoms with Crippen LogP contribution in [0.15, 0.2) is 29.3 Å². The van der Waals surface area contributed by atoms with E-state index in [1.807, 2.05) is 0 Å². The van der Waals surface area contributed by atoms with Crippen LogP contribution < -0.4 is 10.6 Å². The molecular weight excluding hydrogens is 226 g/mol. The summed E-state index contributed by atoms with van der Waals surface area (Å²) in [5, 5.41) is 0. The van der Waals surface area contributed by atoms with Crippen molar-refractivity contribution in [3.8, 4) is 0 Å². The van der Waals surface area contributed by atoms with Crippen LogP contribution in [0.4, 0.5) is 5.69 Å². The van der Waals surface area contributed by atoms with Gasteiger partial charge in [0.25, 0.3) is 0 Å². The van der Waals surface area contributed by atoms with Crippen LogP contribution in [0.5, 0.6) is 0 Å². The van der Waals surface area contributed by atoms with E-state index in [4.69, 9.17) is 10.5 Å². The third-order valence-corrected chi connectivity index (χ3v) is 3.69. The molecule has 2 N–H and O–H groups in total. The van der Waals surface area contributed by atoms with Crippen molar-refractivity contribution in [2.75, 3.05) is 18.1 Å². The summed E-state index contributed by atoms with van der Waals surface area (Å²) < 4.78 is 5.80. The second-order valence-corrected chi connectivity index (χ2v) is 5.03. The van der Waals surface area contributed by atoms with Crippen molar-refractivity contribution >= 4 is 11.6 Å². The molecule has 0 bridgehead atoms. The van der Waals surface area contributed by atoms with Gasteiger partial charge in [0.05, 0.1) is 18.7 Å². The molecule has 1 saturated heterocycles. The van der Waals surface area contributed by atoms with Crippen molar-refractivity contribution in [2.24, 2.45) is 10.7 Å². The lowest BCUT2D eigenvalue weighted by Crippen LogP contribution is -2.47. The van der Waals surface area contributed by atoms with Crippen LogP contribution in [0.2, 0.25) is 0 Å². The molecule has 0 saturated carbocycles. The third-order valence-electron chi connectivity index (χ3n) is 3.69. The smallest absolute Gasteiger partial charge is 0.196 e. The van der Waals surface area contributed by atoms with Gasteiger partial charge in [0.2, 0.25) is 0 Å². The van der Waals surface area contributed by atoms with Crippen molar-refractivity contribution in [1.82, 2.24) is 0 Å². The molecule has 96 valence electrons. The van der Waals surface area contributed by atoms with Crippen LogP contribution in [0.25, 0.3) is 0 Å². The third kappa shape index (κ3) is 1.97. The monoisotopic (exact) mass is 245 g/mol. The topological polar surface area (TPSA) is 50.8 Å². The Bertz CT molecular complexity index is 466. The summed E-state index contributed by atoms with van der Waals surface area (Å²) in [5.41, 5.74) is 8.39. The highest BCUT2D eigenvalue weighted by Gasteiger charge is 2.36. The maximum absolute atomic E-state index is 6.04. The van der Waals surface area contributed by atoms with Crippen LogP contribution in [0.1, 0.15) is 18.4 Å². The minimum absolute atomic E-state index is 0.259. The van der Waals surface area contributed by atoms with Gasteiger partial charge in [0.15, 0.2) is 5.96 Å². The molecule has 0 spiro atoms. The number of aryl methyl sites for hydroxylation is 1. The van der Waals surface area contributed by atoms with E-state index in [-0.39, 0.29) is 12.1 Å². The van der Waals surface area contributed by atoms with E-state index in [2.05, 4.69) is 41.1 Å². The first-order chi connectivity index (χ1) is 8.75. The van der Waals surface area contributed by atoms with E-state index in [1.165, 1.54) is 5.56 Å². The summed E-state index contributed by atoms with van der Waals surface area (Å²) in [5.74, 6) is 0.612. The molecule has 2 unspecified atom stereocenters. The van der Waals surface area contributed by atoms with Gasteiger partial charge in [-0.1, -0.05) is 12.1 Å². The molecule has 2 aliphatic rings. The average molecular weight is 245 g/mol. The van der Waals surface area contributed by atoms with Crippen molar-refractivity contribution in [3.63, 3.8) is 0 Å². The first-order valence-electron chi connectivity index (χ1n) is 6.53. The Morgan fingerprint density at radius 3 is 3.06 bits per heavy atom. The summed E-state index contributed by atoms with van der Waals surface area (Å²) in [6.45, 7) is 3.70. The summed E-state index contributed by atoms with van der Waals surface area (Å²) in [6, 6.07) is 8.64. The highest BCUT2D eigenvalue weighted by Crippen LogP contribution is 2.28. The molecule has 4 heteroatoms. The van der Waals surface area contributed by atoms with Crippen LogP contribution in [-0.2, 0) is 4.74 Å². The fourth-order valence-electron chi connectivity index (χ4n) is 2.81. The Balaban J connectivity index is 1.89. The number of rotatable bonds is 2. The van der Waals surface area contributed by atoms with Gasteiger partial charge in [-0.15, -0.1) is 0 Å². The molecule has 0 amide bonds. The lowest BCUT2D eigenvalue weighted by atomic mass is 10.1. The second-order valence-electron chi connectivity index (χ2n) is 5.03. The fraction of sp³-hybridized carbons (Fsp3) is 0.500. The zero-order chi connectivity index (χ0) is 12.5. The number of aliphatic imine (C=N–C) groups is 1. The Morgan fingerprint density at radius 2 is 2.33 bits per heavy atom. The molecule has 1 aromatic carbocycles. The van der Waals surface area contributed by atoms with Crippen LogP contribution in [0.3, 0.4) is 0 Å². The number of nitrogens with two attached hydrogens (primary N) is 1. The normalized spacial score (nSPS) is 27.6. The summed E-state index contributed by atoms with van der Waals surface area (Å²) in [4.78, 5) is 6.52. The van der Waals surface area contributed by atoms with E-state index >= 15 is 0 Å². The Hall–Kier alpha value is -1.55. The van der Waals surface area contributed by atoms with Crippen LogP contribution >= 0.6 is 0 Å². The van der Waals surface area contributed by atoms with E-state index < -0.39 is 0 Å². The zero-order valence-electron chi connectivity index (χ0n) is 10.7. The van der Waals surface area contributed by atoms with Crippen molar-refractivity contribution in [3.05, 3.63) is 29.8 Å². The van der Waals surface area contributed by atoms with E-state index in [0.717, 1.165) is 31.7 Å². The minimum Gasteiger partial charge on any atom is -0.376 e. The Morgan fingerprint density at radius 1 is 1.44 bits per heavy atom. The molecule has 1 fully saturated rings. The highest BCUT2D eigenvalue weighted by atomic mass is 16.5. The minimum atomic E-state index is 0.259. The summed E-state index contributed by atoms with van der Waals surface area (Å²) in [6.07, 6.45) is 2.51. The van der Waals surface area contributed by atoms with Gasteiger partial charge in [0, 0.05) is 12.3 Å². The number of ether oxygens (including phenoxy) is 1. The maximum Gasteiger partial charge on any atom is 0.196 e. The molecule has 18 heavy (non-hydrogen) atoms. The Kier molecular flexibility index (Phi) is 2.96. The fourth-order valence-corrected chi connectivity index (χ4v) is 2.81. The van der Waals surface area contributed by atoms with Gasteiger partial charge in [0.1, 0.15) is 0 Å². The van der Waals surface area contributed by atoms with E-state index in [1.54, 1.807) is 0 Å². The van der Waals surface area contributed by atoms with Gasteiger partial charge in [-0.3, -0.25) is 4.99 Å². The molecule has 0 aliphatic carbocycles. The van der Waals surface area contributed by atoms with Gasteiger partial charge in [-0.2, -0.15) is 0 Å². The summed E-state index contributed by atoms with van der Waals surface area (Å²) in [7, 11) is 0. The second kappa shape index (κ2) is 4.61. The maximum atomic E-state index is 6.04. The number of guanidine groups is 1. The van der Waals surface area contributed by atoms with Crippen LogP contribution in [-0.4, -0.2) is 31.3 Å². The number of hydrogen-bond donors (Lipinski definition) is 1. The number of nitrogens with zero attached hydrogens (tertiary/aromatic N) is 2. The van der Waals surface area contributed by atoms with Gasteiger partial charge >= 0.3 is 0 Å². The van der Waals surface area contributed by atoms with Gasteiger partial charge in [-0.05, 0) is 37.5 Å². The predicted octanol–water partition coefficient (Wildman–Crippen LogP) is 1.68. The van der Waals surface area contributed by atoms with Crippen molar-refractivity contribution in [1.29, 1.82) is 0 Å². The molecule has 1 aromatic rings. The summed E-state index contributed by atoms with van der Waals surface area (Å²) >= 11 is 0. The molecule has 0 radical (unpaired) electrons. The number of benzene rings is 1. The number of hydrogen-bond acceptors (Lipinski definition) is 4. The standard InChI is InChI=1S/C14H19N3O/c1-10-4-2-5-11(8-10)17-12(9-16-14(17)15)13-6-3-7-18-13/h2,4-5,8,12-13H,3,6-7,9H2,1H3,(H2,15,16). The van der Waals surface area contributed by atoms with Crippen LogP contribution in [0, 0.1) is 6.92 Å². The highest BCUT2D eigenvalue weighted by molar-refractivity contribution is 5.97. The van der Waals surface area contributed by atoms with Crippen molar-refractivity contribution < 1.29 is 4.74 Å². The molecule has 4 nitrogen and oxygen atoms in total. The Labute approximate surface area is 107 Å². The zero-order valence-corrected chi connectivity index (χ0v) is 10.7. The predicted molar refractivity (Wildman–Crippen MR) is 72.9 cm³/mol. The quantitative estimate of drug-likeness (QED) is 0.862. The SMILES string of the molecule is Cc1cccc(N2C(N)=NCC2C2CCCO2)c1. The largest absolute Gasteiger partial charge is 0.376 e. The van der Waals surface area contributed by atoms with E-state index in [0.29, 0.717) is 5.96 Å². The first-order valence-corrected chi connectivity index (χ1v) is 6.53. The molecule has 2 aliphatic heterocycles. The van der Waals surface area contributed by atoms with E-state index in [9.17, 15) is 0 Å². The van der Waals surface area contributed by atoms with Gasteiger partial charge in [-0.25, -0.2) is 0 Å². The van der Waals surface area contributed by atoms with Crippen molar-refractivity contribution in [2.45, 2.75) is 31.9 Å². The molecular formula is C14H19N3O. The number of anilines is 1. The van der Waals surface area contributed by atoms with Gasteiger partial charge < -0.3 is 15.4 Å². The molecule has 0 aromatic heterocycles. The molecule has 2 atom stereocenters. The average Bonchev–Trinajstić information content (AvgIpc) is 2.97. The molecule has 3 rings (SSSR count). The lowest BCUT2D eigenvalue weighted by Gasteiger charge is -2.30. The lowest BCUT2D eigenvalue weighted by molar-refractivity contribution is 0.0947. The molecule has 2 heterocycles. The first kappa shape index (κ1) is 11.5.